The number of halogens is 1. The van der Waals surface area contributed by atoms with Gasteiger partial charge in [0, 0.05) is 55.4 Å². The van der Waals surface area contributed by atoms with E-state index in [4.69, 9.17) is 19.8 Å². The van der Waals surface area contributed by atoms with Gasteiger partial charge in [-0.2, -0.15) is 15.2 Å². The molecule has 3 atom stereocenters. The van der Waals surface area contributed by atoms with Gasteiger partial charge in [0.1, 0.15) is 25.2 Å². The molecule has 3 aromatic rings. The number of nitrogens with zero attached hydrogens (tertiary/aromatic N) is 7. The molecule has 3 aliphatic heterocycles. The van der Waals surface area contributed by atoms with Crippen molar-refractivity contribution in [3.63, 3.8) is 0 Å². The summed E-state index contributed by atoms with van der Waals surface area (Å²) in [5.74, 6) is 5.25. The van der Waals surface area contributed by atoms with E-state index in [0.717, 1.165) is 29.3 Å². The number of likely N-dealkylation sites (tertiary alicyclic amines) is 1. The Morgan fingerprint density at radius 1 is 1.11 bits per heavy atom. The van der Waals surface area contributed by atoms with Crippen LogP contribution in [0, 0.1) is 30.1 Å². The molecule has 0 saturated carbocycles. The summed E-state index contributed by atoms with van der Waals surface area (Å²) in [4.78, 5) is 30.6. The van der Waals surface area contributed by atoms with Crippen LogP contribution in [0.5, 0.6) is 6.01 Å². The lowest BCUT2D eigenvalue weighted by Gasteiger charge is -2.41. The molecule has 11 heteroatoms. The molecule has 10 nitrogen and oxygen atoms in total. The number of likely N-dealkylation sites (N-methyl/N-ethyl adjacent to an activating group) is 1. The van der Waals surface area contributed by atoms with E-state index in [-0.39, 0.29) is 31.1 Å². The predicted octanol–water partition coefficient (Wildman–Crippen LogP) is 2.85. The molecule has 1 amide bonds. The van der Waals surface area contributed by atoms with Gasteiger partial charge in [-0.15, -0.1) is 0 Å². The first kappa shape index (κ1) is 30.6. The van der Waals surface area contributed by atoms with Gasteiger partial charge in [0.15, 0.2) is 0 Å². The number of aliphatic hydroxyl groups excluding tert-OH is 1. The Morgan fingerprint density at radius 3 is 2.69 bits per heavy atom. The summed E-state index contributed by atoms with van der Waals surface area (Å²) in [5.41, 5.74) is 4.28. The Morgan fingerprint density at radius 2 is 1.93 bits per heavy atom. The van der Waals surface area contributed by atoms with Crippen molar-refractivity contribution >= 4 is 28.2 Å². The molecule has 0 bridgehead atoms. The number of aromatic nitrogens is 2. The number of carbonyl (C=O) groups is 1. The molecule has 3 aliphatic rings. The van der Waals surface area contributed by atoms with E-state index >= 15 is 0 Å². The van der Waals surface area contributed by atoms with Crippen molar-refractivity contribution in [2.24, 2.45) is 0 Å². The topological polar surface area (TPSA) is 109 Å². The Kier molecular flexibility index (Phi) is 9.02. The molecule has 45 heavy (non-hydrogen) atoms. The second kappa shape index (κ2) is 13.3. The number of aliphatic hydroxyl groups is 1. The first-order valence-electron chi connectivity index (χ1n) is 15.5. The quantitative estimate of drug-likeness (QED) is 0.421. The zero-order valence-corrected chi connectivity index (χ0v) is 25.7. The number of amides is 1. The minimum Gasteiger partial charge on any atom is -0.462 e. The molecule has 2 fully saturated rings. The number of benzene rings is 2. The highest BCUT2D eigenvalue weighted by Crippen LogP contribution is 2.36. The van der Waals surface area contributed by atoms with Crippen molar-refractivity contribution in [3.8, 4) is 23.9 Å². The fourth-order valence-electron chi connectivity index (χ4n) is 6.85. The second-order valence-electron chi connectivity index (χ2n) is 12.0. The van der Waals surface area contributed by atoms with Crippen molar-refractivity contribution in [1.29, 1.82) is 5.26 Å². The van der Waals surface area contributed by atoms with Crippen LogP contribution in [0.2, 0.25) is 0 Å². The summed E-state index contributed by atoms with van der Waals surface area (Å²) in [6, 6.07) is 14.7. The van der Waals surface area contributed by atoms with Crippen LogP contribution in [0.1, 0.15) is 29.7 Å². The lowest BCUT2D eigenvalue weighted by molar-refractivity contribution is -0.127. The molecule has 2 saturated heterocycles. The summed E-state index contributed by atoms with van der Waals surface area (Å²) >= 11 is 0. The molecule has 6 rings (SSSR count). The van der Waals surface area contributed by atoms with Crippen molar-refractivity contribution in [1.82, 2.24) is 19.8 Å². The zero-order valence-electron chi connectivity index (χ0n) is 25.7. The fourth-order valence-corrected chi connectivity index (χ4v) is 6.85. The minimum absolute atomic E-state index is 0.0622. The van der Waals surface area contributed by atoms with Crippen molar-refractivity contribution in [3.05, 3.63) is 53.2 Å². The number of nitriles is 1. The fraction of sp³-hybridized carbons (Fsp3) is 0.471. The Bertz CT molecular complexity index is 1680. The van der Waals surface area contributed by atoms with E-state index in [1.54, 1.807) is 4.90 Å². The van der Waals surface area contributed by atoms with Gasteiger partial charge in [0.25, 0.3) is 5.91 Å². The SMILES string of the molecule is Cc1cccc2cccc(N3CCc4c(nc(OC[C@H]5C[C@@H](F)CN5C)nc4N4CCN(C(=O)C#CCO)[C@@H](CC#N)C4)C3)c12. The highest BCUT2D eigenvalue weighted by molar-refractivity contribution is 5.97. The van der Waals surface area contributed by atoms with E-state index in [9.17, 15) is 14.4 Å². The molecule has 0 radical (unpaired) electrons. The molecule has 1 N–H and O–H groups in total. The molecule has 2 aromatic carbocycles. The van der Waals surface area contributed by atoms with Gasteiger partial charge < -0.3 is 24.5 Å². The second-order valence-corrected chi connectivity index (χ2v) is 12.0. The maximum Gasteiger partial charge on any atom is 0.318 e. The monoisotopic (exact) mass is 611 g/mol. The Labute approximate surface area is 263 Å². The average molecular weight is 612 g/mol. The molecule has 4 heterocycles. The van der Waals surface area contributed by atoms with E-state index in [1.165, 1.54) is 16.3 Å². The largest absolute Gasteiger partial charge is 0.462 e. The van der Waals surface area contributed by atoms with Gasteiger partial charge in [-0.25, -0.2) is 4.39 Å². The average Bonchev–Trinajstić information content (AvgIpc) is 3.38. The zero-order chi connectivity index (χ0) is 31.5. The molecule has 1 aromatic heterocycles. The first-order valence-corrected chi connectivity index (χ1v) is 15.5. The van der Waals surface area contributed by atoms with Gasteiger partial charge in [0.2, 0.25) is 0 Å². The van der Waals surface area contributed by atoms with E-state index in [1.807, 2.05) is 11.9 Å². The highest BCUT2D eigenvalue weighted by Gasteiger charge is 2.34. The first-order chi connectivity index (χ1) is 21.9. The van der Waals surface area contributed by atoms with Crippen LogP contribution < -0.4 is 14.5 Å². The minimum atomic E-state index is -0.875. The normalized spacial score (nSPS) is 21.7. The summed E-state index contributed by atoms with van der Waals surface area (Å²) in [7, 11) is 1.90. The smallest absolute Gasteiger partial charge is 0.318 e. The Balaban J connectivity index is 1.33. The lowest BCUT2D eigenvalue weighted by Crippen LogP contribution is -2.55. The summed E-state index contributed by atoms with van der Waals surface area (Å²) < 4.78 is 20.2. The number of fused-ring (bicyclic) bond motifs is 2. The van der Waals surface area contributed by atoms with Crippen molar-refractivity contribution in [2.75, 3.05) is 62.8 Å². The number of ether oxygens (including phenoxy) is 1. The van der Waals surface area contributed by atoms with Crippen molar-refractivity contribution in [2.45, 2.75) is 51.0 Å². The molecular formula is C34H38FN7O3. The summed E-state index contributed by atoms with van der Waals surface area (Å²) in [5, 5.41) is 21.0. The Hall–Kier alpha value is -4.45. The van der Waals surface area contributed by atoms with Gasteiger partial charge in [0.05, 0.1) is 30.8 Å². The van der Waals surface area contributed by atoms with Crippen LogP contribution in [0.4, 0.5) is 15.9 Å². The van der Waals surface area contributed by atoms with Crippen LogP contribution in [0.25, 0.3) is 10.8 Å². The number of piperazine rings is 1. The van der Waals surface area contributed by atoms with Gasteiger partial charge >= 0.3 is 6.01 Å². The number of carbonyl (C=O) groups excluding carboxylic acids is 1. The molecule has 0 aliphatic carbocycles. The third kappa shape index (κ3) is 6.37. The van der Waals surface area contributed by atoms with Crippen LogP contribution in [0.3, 0.4) is 0 Å². The van der Waals surface area contributed by atoms with Gasteiger partial charge in [-0.05, 0) is 49.7 Å². The number of anilines is 2. The molecule has 234 valence electrons. The number of hydrogen-bond acceptors (Lipinski definition) is 9. The van der Waals surface area contributed by atoms with Crippen LogP contribution in [0.15, 0.2) is 36.4 Å². The van der Waals surface area contributed by atoms with Crippen LogP contribution in [-0.4, -0.2) is 102 Å². The lowest BCUT2D eigenvalue weighted by atomic mass is 9.99. The molecule has 0 spiro atoms. The third-order valence-corrected chi connectivity index (χ3v) is 9.14. The maximum atomic E-state index is 14.1. The predicted molar refractivity (Wildman–Crippen MR) is 170 cm³/mol. The number of hydrogen-bond donors (Lipinski definition) is 1. The van der Waals surface area contributed by atoms with E-state index in [2.05, 4.69) is 71.0 Å². The highest BCUT2D eigenvalue weighted by atomic mass is 19.1. The maximum absolute atomic E-state index is 14.1. The molecule has 0 unspecified atom stereocenters. The van der Waals surface area contributed by atoms with Crippen LogP contribution >= 0.6 is 0 Å². The van der Waals surface area contributed by atoms with E-state index < -0.39 is 18.7 Å². The van der Waals surface area contributed by atoms with Gasteiger partial charge in [-0.3, -0.25) is 9.69 Å². The van der Waals surface area contributed by atoms with Gasteiger partial charge in [-0.1, -0.05) is 36.3 Å². The number of rotatable bonds is 6. The summed E-state index contributed by atoms with van der Waals surface area (Å²) in [6.07, 6.45) is 0.394. The standard InChI is InChI=1S/C34H38FN7O3/c1-23-6-3-7-24-8-4-9-30(32(23)24)40-14-12-28-29(21-40)37-34(45-22-27-18-25(35)19-39(27)2)38-33(28)41-15-16-42(26(20-41)11-13-36)31(44)10-5-17-43/h3-4,6-9,25-27,43H,11-12,14-22H2,1-2H3/t25-,26+,27-/m1/s1. The van der Waals surface area contributed by atoms with Crippen LogP contribution in [-0.2, 0) is 17.8 Å². The molecular weight excluding hydrogens is 573 g/mol. The van der Waals surface area contributed by atoms with Crippen molar-refractivity contribution < 1.29 is 19.0 Å². The number of alkyl halides is 1. The van der Waals surface area contributed by atoms with E-state index in [0.29, 0.717) is 45.6 Å². The third-order valence-electron chi connectivity index (χ3n) is 9.14. The summed E-state index contributed by atoms with van der Waals surface area (Å²) in [6.45, 7) is 5.02. The number of aryl methyl sites for hydroxylation is 1.